The molecule has 0 aromatic heterocycles. The van der Waals surface area contributed by atoms with E-state index in [9.17, 15) is 0 Å². The van der Waals surface area contributed by atoms with Gasteiger partial charge in [-0.1, -0.05) is 19.0 Å². The molecule has 0 amide bonds. The van der Waals surface area contributed by atoms with Crippen LogP contribution in [-0.2, 0) is 0 Å². The predicted octanol–water partition coefficient (Wildman–Crippen LogP) is 1.88. The summed E-state index contributed by atoms with van der Waals surface area (Å²) >= 11 is 0. The molecule has 0 bridgehead atoms. The maximum absolute atomic E-state index is 8.38. The van der Waals surface area contributed by atoms with E-state index in [-0.39, 0.29) is 0 Å². The molecule has 0 aliphatic heterocycles. The minimum absolute atomic E-state index is 0.319. The number of rotatable bonds is 7. The van der Waals surface area contributed by atoms with Gasteiger partial charge in [0.25, 0.3) is 0 Å². The van der Waals surface area contributed by atoms with Gasteiger partial charge in [0.1, 0.15) is 5.84 Å². The Balaban J connectivity index is 3.68. The van der Waals surface area contributed by atoms with Gasteiger partial charge in [0.05, 0.1) is 0 Å². The van der Waals surface area contributed by atoms with E-state index in [0.717, 1.165) is 18.9 Å². The van der Waals surface area contributed by atoms with Crippen molar-refractivity contribution in [3.8, 4) is 0 Å². The minimum Gasteiger partial charge on any atom is -0.409 e. The lowest BCUT2D eigenvalue weighted by atomic mass is 10.0. The van der Waals surface area contributed by atoms with Crippen molar-refractivity contribution in [1.82, 2.24) is 4.90 Å². The van der Waals surface area contributed by atoms with Crippen molar-refractivity contribution < 1.29 is 5.21 Å². The van der Waals surface area contributed by atoms with E-state index in [1.54, 1.807) is 0 Å². The van der Waals surface area contributed by atoms with Crippen molar-refractivity contribution in [2.24, 2.45) is 16.8 Å². The van der Waals surface area contributed by atoms with Crippen LogP contribution >= 0.6 is 0 Å². The van der Waals surface area contributed by atoms with Crippen LogP contribution in [0.5, 0.6) is 0 Å². The highest BCUT2D eigenvalue weighted by Crippen LogP contribution is 2.10. The maximum Gasteiger partial charge on any atom is 0.139 e. The Labute approximate surface area is 93.1 Å². The number of hydrogen-bond acceptors (Lipinski definition) is 3. The Hall–Kier alpha value is -0.770. The Morgan fingerprint density at radius 1 is 1.40 bits per heavy atom. The second kappa shape index (κ2) is 7.51. The molecule has 15 heavy (non-hydrogen) atoms. The molecule has 0 aliphatic carbocycles. The third kappa shape index (κ3) is 7.19. The summed E-state index contributed by atoms with van der Waals surface area (Å²) in [4.78, 5) is 2.32. The van der Waals surface area contributed by atoms with Gasteiger partial charge in [0.15, 0.2) is 0 Å². The monoisotopic (exact) mass is 215 g/mol. The van der Waals surface area contributed by atoms with Crippen molar-refractivity contribution in [2.75, 3.05) is 13.6 Å². The van der Waals surface area contributed by atoms with E-state index in [4.69, 9.17) is 10.9 Å². The highest BCUT2D eigenvalue weighted by Gasteiger charge is 2.10. The molecule has 1 unspecified atom stereocenters. The highest BCUT2D eigenvalue weighted by atomic mass is 16.4. The number of oxime groups is 1. The second-order valence-corrected chi connectivity index (χ2v) is 4.65. The average molecular weight is 215 g/mol. The van der Waals surface area contributed by atoms with Crippen LogP contribution in [0, 0.1) is 5.92 Å². The molecule has 4 nitrogen and oxygen atoms in total. The first-order valence-corrected chi connectivity index (χ1v) is 5.64. The molecule has 0 fully saturated rings. The molecule has 4 heteroatoms. The summed E-state index contributed by atoms with van der Waals surface area (Å²) in [5.74, 6) is 1.05. The summed E-state index contributed by atoms with van der Waals surface area (Å²) in [5, 5.41) is 11.3. The third-order valence-electron chi connectivity index (χ3n) is 2.64. The fourth-order valence-corrected chi connectivity index (χ4v) is 1.64. The van der Waals surface area contributed by atoms with Crippen LogP contribution in [0.2, 0.25) is 0 Å². The molecule has 0 spiro atoms. The normalized spacial score (nSPS) is 14.9. The molecule has 0 heterocycles. The number of nitrogens with two attached hydrogens (primary N) is 1. The lowest BCUT2D eigenvalue weighted by Crippen LogP contribution is -2.31. The minimum atomic E-state index is 0.319. The zero-order chi connectivity index (χ0) is 11.8. The topological polar surface area (TPSA) is 61.8 Å². The van der Waals surface area contributed by atoms with Crippen molar-refractivity contribution in [1.29, 1.82) is 0 Å². The van der Waals surface area contributed by atoms with Gasteiger partial charge in [-0.3, -0.25) is 0 Å². The zero-order valence-corrected chi connectivity index (χ0v) is 10.4. The van der Waals surface area contributed by atoms with Crippen molar-refractivity contribution in [3.63, 3.8) is 0 Å². The number of hydrogen-bond donors (Lipinski definition) is 2. The van der Waals surface area contributed by atoms with E-state index in [1.807, 2.05) is 0 Å². The predicted molar refractivity (Wildman–Crippen MR) is 64.2 cm³/mol. The molecule has 0 saturated heterocycles. The SMILES string of the molecule is CC(C)CC(C)N(C)CCCC(N)=NO. The molecule has 90 valence electrons. The van der Waals surface area contributed by atoms with Crippen LogP contribution in [0.4, 0.5) is 0 Å². The number of nitrogens with zero attached hydrogens (tertiary/aromatic N) is 2. The average Bonchev–Trinajstić information content (AvgIpc) is 2.16. The maximum atomic E-state index is 8.38. The first-order valence-electron chi connectivity index (χ1n) is 5.64. The van der Waals surface area contributed by atoms with Crippen LogP contribution < -0.4 is 5.73 Å². The first kappa shape index (κ1) is 14.2. The van der Waals surface area contributed by atoms with Crippen LogP contribution in [0.15, 0.2) is 5.16 Å². The van der Waals surface area contributed by atoms with E-state index >= 15 is 0 Å². The van der Waals surface area contributed by atoms with Gasteiger partial charge in [0, 0.05) is 12.5 Å². The Kier molecular flexibility index (Phi) is 7.13. The molecular formula is C11H25N3O. The second-order valence-electron chi connectivity index (χ2n) is 4.65. The summed E-state index contributed by atoms with van der Waals surface area (Å²) in [6.07, 6.45) is 2.81. The molecule has 3 N–H and O–H groups in total. The Morgan fingerprint density at radius 3 is 2.47 bits per heavy atom. The van der Waals surface area contributed by atoms with Gasteiger partial charge in [-0.25, -0.2) is 0 Å². The molecule has 0 saturated carbocycles. The van der Waals surface area contributed by atoms with Crippen LogP contribution in [0.3, 0.4) is 0 Å². The Bertz CT molecular complexity index is 192. The lowest BCUT2D eigenvalue weighted by Gasteiger charge is -2.25. The largest absolute Gasteiger partial charge is 0.409 e. The van der Waals surface area contributed by atoms with Gasteiger partial charge >= 0.3 is 0 Å². The van der Waals surface area contributed by atoms with E-state index in [2.05, 4.69) is 37.9 Å². The summed E-state index contributed by atoms with van der Waals surface area (Å²) in [5.41, 5.74) is 5.40. The molecular weight excluding hydrogens is 190 g/mol. The lowest BCUT2D eigenvalue weighted by molar-refractivity contribution is 0.227. The van der Waals surface area contributed by atoms with Gasteiger partial charge in [-0.15, -0.1) is 0 Å². The van der Waals surface area contributed by atoms with Gasteiger partial charge < -0.3 is 15.8 Å². The van der Waals surface area contributed by atoms with E-state index in [0.29, 0.717) is 18.3 Å². The molecule has 0 aromatic rings. The smallest absolute Gasteiger partial charge is 0.139 e. The fourth-order valence-electron chi connectivity index (χ4n) is 1.64. The van der Waals surface area contributed by atoms with Crippen LogP contribution in [0.1, 0.15) is 40.0 Å². The first-order chi connectivity index (χ1) is 6.97. The van der Waals surface area contributed by atoms with Crippen molar-refractivity contribution >= 4 is 5.84 Å². The molecule has 0 rings (SSSR count). The van der Waals surface area contributed by atoms with Crippen LogP contribution in [-0.4, -0.2) is 35.6 Å². The quantitative estimate of drug-likeness (QED) is 0.295. The Morgan fingerprint density at radius 2 is 2.00 bits per heavy atom. The van der Waals surface area contributed by atoms with Crippen LogP contribution in [0.25, 0.3) is 0 Å². The molecule has 0 aliphatic rings. The molecule has 1 atom stereocenters. The number of amidine groups is 1. The summed E-state index contributed by atoms with van der Waals surface area (Å²) in [6.45, 7) is 7.70. The van der Waals surface area contributed by atoms with Crippen molar-refractivity contribution in [2.45, 2.75) is 46.1 Å². The molecule has 0 aromatic carbocycles. The van der Waals surface area contributed by atoms with E-state index < -0.39 is 0 Å². The van der Waals surface area contributed by atoms with Crippen molar-refractivity contribution in [3.05, 3.63) is 0 Å². The van der Waals surface area contributed by atoms with Gasteiger partial charge in [-0.05, 0) is 39.3 Å². The highest BCUT2D eigenvalue weighted by molar-refractivity contribution is 5.79. The zero-order valence-electron chi connectivity index (χ0n) is 10.4. The fraction of sp³-hybridized carbons (Fsp3) is 0.909. The van der Waals surface area contributed by atoms with E-state index in [1.165, 1.54) is 6.42 Å². The third-order valence-corrected chi connectivity index (χ3v) is 2.64. The molecule has 0 radical (unpaired) electrons. The standard InChI is InChI=1S/C11H25N3O/c1-9(2)8-10(3)14(4)7-5-6-11(12)13-15/h9-10,15H,5-8H2,1-4H3,(H2,12,13). The summed E-state index contributed by atoms with van der Waals surface area (Å²) < 4.78 is 0. The summed E-state index contributed by atoms with van der Waals surface area (Å²) in [7, 11) is 2.12. The van der Waals surface area contributed by atoms with Gasteiger partial charge in [0.2, 0.25) is 0 Å². The summed E-state index contributed by atoms with van der Waals surface area (Å²) in [6, 6.07) is 0.595. The van der Waals surface area contributed by atoms with Gasteiger partial charge in [-0.2, -0.15) is 0 Å².